The molecule has 0 radical (unpaired) electrons. The van der Waals surface area contributed by atoms with E-state index in [1.165, 1.54) is 16.0 Å². The zero-order valence-corrected chi connectivity index (χ0v) is 15.6. The molecule has 4 rings (SSSR count). The monoisotopic (exact) mass is 348 g/mol. The molecule has 1 fully saturated rings. The van der Waals surface area contributed by atoms with Crippen molar-refractivity contribution in [1.82, 2.24) is 10.2 Å². The minimum atomic E-state index is -0.780. The first-order chi connectivity index (χ1) is 12.4. The first-order valence-corrected chi connectivity index (χ1v) is 9.17. The van der Waals surface area contributed by atoms with Gasteiger partial charge in [0.05, 0.1) is 6.54 Å². The molecule has 0 aromatic heterocycles. The van der Waals surface area contributed by atoms with Crippen molar-refractivity contribution in [2.45, 2.75) is 52.1 Å². The van der Waals surface area contributed by atoms with Gasteiger partial charge in [0, 0.05) is 6.42 Å². The lowest BCUT2D eigenvalue weighted by atomic mass is 9.78. The van der Waals surface area contributed by atoms with Gasteiger partial charge in [-0.05, 0) is 61.4 Å². The lowest BCUT2D eigenvalue weighted by Crippen LogP contribution is -2.51. The highest BCUT2D eigenvalue weighted by Crippen LogP contribution is 2.34. The van der Waals surface area contributed by atoms with Gasteiger partial charge in [0.25, 0.3) is 5.91 Å². The van der Waals surface area contributed by atoms with Crippen molar-refractivity contribution in [3.05, 3.63) is 69.8 Å². The number of amides is 3. The van der Waals surface area contributed by atoms with Crippen LogP contribution in [0.4, 0.5) is 4.79 Å². The first kappa shape index (κ1) is 16.8. The molecule has 134 valence electrons. The first-order valence-electron chi connectivity index (χ1n) is 9.17. The van der Waals surface area contributed by atoms with Crippen LogP contribution in [0.1, 0.15) is 39.8 Å². The van der Waals surface area contributed by atoms with Crippen molar-refractivity contribution >= 4 is 11.9 Å². The van der Waals surface area contributed by atoms with Crippen LogP contribution >= 0.6 is 0 Å². The van der Waals surface area contributed by atoms with Gasteiger partial charge in [-0.1, -0.05) is 42.0 Å². The normalized spacial score (nSPS) is 21.9. The van der Waals surface area contributed by atoms with Gasteiger partial charge in [-0.2, -0.15) is 0 Å². The summed E-state index contributed by atoms with van der Waals surface area (Å²) in [5.41, 5.74) is 6.17. The van der Waals surface area contributed by atoms with Gasteiger partial charge < -0.3 is 5.32 Å². The van der Waals surface area contributed by atoms with E-state index < -0.39 is 5.54 Å². The van der Waals surface area contributed by atoms with Crippen molar-refractivity contribution in [3.63, 3.8) is 0 Å². The number of carbonyl (C=O) groups excluding carboxylic acids is 2. The molecule has 2 aromatic rings. The number of fused-ring (bicyclic) bond motifs is 1. The summed E-state index contributed by atoms with van der Waals surface area (Å²) in [6.45, 7) is 6.48. The Labute approximate surface area is 154 Å². The van der Waals surface area contributed by atoms with Gasteiger partial charge >= 0.3 is 6.03 Å². The third kappa shape index (κ3) is 2.61. The second-order valence-electron chi connectivity index (χ2n) is 7.73. The van der Waals surface area contributed by atoms with Crippen molar-refractivity contribution in [2.75, 3.05) is 0 Å². The number of hydrogen-bond acceptors (Lipinski definition) is 2. The van der Waals surface area contributed by atoms with Crippen molar-refractivity contribution in [1.29, 1.82) is 0 Å². The summed E-state index contributed by atoms with van der Waals surface area (Å²) in [6, 6.07) is 12.1. The van der Waals surface area contributed by atoms with Gasteiger partial charge in [-0.3, -0.25) is 9.69 Å². The molecule has 0 bridgehead atoms. The summed E-state index contributed by atoms with van der Waals surface area (Å²) in [6.07, 6.45) is 2.06. The quantitative estimate of drug-likeness (QED) is 0.843. The Morgan fingerprint density at radius 1 is 1.04 bits per heavy atom. The van der Waals surface area contributed by atoms with Crippen LogP contribution in [0.2, 0.25) is 0 Å². The maximum atomic E-state index is 13.2. The van der Waals surface area contributed by atoms with Gasteiger partial charge in [0.1, 0.15) is 5.54 Å². The van der Waals surface area contributed by atoms with Gasteiger partial charge in [-0.25, -0.2) is 4.79 Å². The highest BCUT2D eigenvalue weighted by Gasteiger charge is 2.52. The molecule has 1 N–H and O–H groups in total. The number of carbonyl (C=O) groups is 2. The Balaban J connectivity index is 1.63. The molecule has 4 heteroatoms. The molecule has 1 atom stereocenters. The lowest BCUT2D eigenvalue weighted by molar-refractivity contribution is -0.132. The van der Waals surface area contributed by atoms with Crippen LogP contribution in [0.5, 0.6) is 0 Å². The molecule has 1 aliphatic heterocycles. The predicted octanol–water partition coefficient (Wildman–Crippen LogP) is 3.59. The molecule has 26 heavy (non-hydrogen) atoms. The molecule has 1 unspecified atom stereocenters. The third-order valence-electron chi connectivity index (χ3n) is 5.83. The molecular formula is C22H24N2O2. The van der Waals surface area contributed by atoms with Gasteiger partial charge in [0.15, 0.2) is 0 Å². The predicted molar refractivity (Wildman–Crippen MR) is 101 cm³/mol. The smallest absolute Gasteiger partial charge is 0.323 e. The number of urea groups is 1. The van der Waals surface area contributed by atoms with E-state index in [0.717, 1.165) is 28.7 Å². The number of hydrogen-bond donors (Lipinski definition) is 1. The topological polar surface area (TPSA) is 49.4 Å². The van der Waals surface area contributed by atoms with Crippen LogP contribution in [-0.4, -0.2) is 22.4 Å². The van der Waals surface area contributed by atoms with Crippen LogP contribution in [0.25, 0.3) is 0 Å². The number of nitrogens with zero attached hydrogens (tertiary/aromatic N) is 1. The average Bonchev–Trinajstić information content (AvgIpc) is 2.81. The minimum Gasteiger partial charge on any atom is -0.323 e. The maximum absolute atomic E-state index is 13.2. The largest absolute Gasteiger partial charge is 0.325 e. The molecule has 1 saturated heterocycles. The van der Waals surface area contributed by atoms with Crippen LogP contribution in [0, 0.1) is 20.8 Å². The van der Waals surface area contributed by atoms with Crippen LogP contribution < -0.4 is 5.32 Å². The van der Waals surface area contributed by atoms with Gasteiger partial charge in [-0.15, -0.1) is 0 Å². The molecular weight excluding hydrogens is 324 g/mol. The van der Waals surface area contributed by atoms with E-state index >= 15 is 0 Å². The summed E-state index contributed by atoms with van der Waals surface area (Å²) in [7, 11) is 0. The summed E-state index contributed by atoms with van der Waals surface area (Å²) in [4.78, 5) is 27.3. The molecule has 4 nitrogen and oxygen atoms in total. The van der Waals surface area contributed by atoms with Crippen molar-refractivity contribution < 1.29 is 9.59 Å². The highest BCUT2D eigenvalue weighted by atomic mass is 16.2. The summed E-state index contributed by atoms with van der Waals surface area (Å²) in [5, 5.41) is 3.02. The second kappa shape index (κ2) is 5.97. The number of aryl methyl sites for hydroxylation is 4. The number of imide groups is 1. The molecule has 2 aliphatic rings. The van der Waals surface area contributed by atoms with E-state index in [-0.39, 0.29) is 11.9 Å². The van der Waals surface area contributed by atoms with Crippen molar-refractivity contribution in [3.8, 4) is 0 Å². The Morgan fingerprint density at radius 2 is 1.69 bits per heavy atom. The standard InChI is InChI=1S/C22H24N2O2/c1-14-10-15(2)19(16(3)11-14)13-24-20(25)22(23-21(24)26)9-8-17-6-4-5-7-18(17)12-22/h4-7,10-11H,8-9,12-13H2,1-3H3,(H,23,26). The van der Waals surface area contributed by atoms with Crippen molar-refractivity contribution in [2.24, 2.45) is 0 Å². The number of rotatable bonds is 2. The lowest BCUT2D eigenvalue weighted by Gasteiger charge is -2.32. The fourth-order valence-electron chi connectivity index (χ4n) is 4.46. The van der Waals surface area contributed by atoms with E-state index in [0.29, 0.717) is 19.4 Å². The molecule has 3 amide bonds. The third-order valence-corrected chi connectivity index (χ3v) is 5.83. The van der Waals surface area contributed by atoms with E-state index in [1.807, 2.05) is 26.0 Å². The fraction of sp³-hybridized carbons (Fsp3) is 0.364. The SMILES string of the molecule is Cc1cc(C)c(CN2C(=O)NC3(CCc4ccccc4C3)C2=O)c(C)c1. The molecule has 1 heterocycles. The minimum absolute atomic E-state index is 0.0867. The average molecular weight is 348 g/mol. The molecule has 1 aliphatic carbocycles. The maximum Gasteiger partial charge on any atom is 0.325 e. The summed E-state index contributed by atoms with van der Waals surface area (Å²) < 4.78 is 0. The van der Waals surface area contributed by atoms with E-state index in [4.69, 9.17) is 0 Å². The summed E-state index contributed by atoms with van der Waals surface area (Å²) >= 11 is 0. The van der Waals surface area contributed by atoms with Crippen LogP contribution in [0.3, 0.4) is 0 Å². The summed E-state index contributed by atoms with van der Waals surface area (Å²) in [5.74, 6) is -0.0867. The Morgan fingerprint density at radius 3 is 2.38 bits per heavy atom. The molecule has 2 aromatic carbocycles. The van der Waals surface area contributed by atoms with Gasteiger partial charge in [0.2, 0.25) is 0 Å². The van der Waals surface area contributed by atoms with E-state index in [9.17, 15) is 9.59 Å². The number of nitrogens with one attached hydrogen (secondary N) is 1. The zero-order chi connectivity index (χ0) is 18.5. The zero-order valence-electron chi connectivity index (χ0n) is 15.6. The second-order valence-corrected chi connectivity index (χ2v) is 7.73. The van der Waals surface area contributed by atoms with Crippen LogP contribution in [0.15, 0.2) is 36.4 Å². The number of benzene rings is 2. The highest BCUT2D eigenvalue weighted by molar-refractivity contribution is 6.07. The molecule has 1 spiro atoms. The fourth-order valence-corrected chi connectivity index (χ4v) is 4.46. The Kier molecular flexibility index (Phi) is 3.87. The Hall–Kier alpha value is -2.62. The molecule has 0 saturated carbocycles. The Bertz CT molecular complexity index is 895. The van der Waals surface area contributed by atoms with E-state index in [2.05, 4.69) is 36.5 Å². The van der Waals surface area contributed by atoms with E-state index in [1.54, 1.807) is 0 Å². The van der Waals surface area contributed by atoms with Crippen LogP contribution in [-0.2, 0) is 24.2 Å².